The molecule has 0 aromatic heterocycles. The number of benzene rings is 2. The van der Waals surface area contributed by atoms with Crippen molar-refractivity contribution in [1.29, 1.82) is 0 Å². The summed E-state index contributed by atoms with van der Waals surface area (Å²) in [6.07, 6.45) is 0. The molecule has 2 rings (SSSR count). The highest BCUT2D eigenvalue weighted by Gasteiger charge is 2.17. The summed E-state index contributed by atoms with van der Waals surface area (Å²) in [5, 5.41) is 0.587. The quantitative estimate of drug-likeness (QED) is 0.795. The second-order valence-electron chi connectivity index (χ2n) is 5.07. The molecule has 0 fully saturated rings. The summed E-state index contributed by atoms with van der Waals surface area (Å²) in [6.45, 7) is 0.351. The summed E-state index contributed by atoms with van der Waals surface area (Å²) in [5.41, 5.74) is 1.21. The molecule has 0 aliphatic carbocycles. The lowest BCUT2D eigenvalue weighted by molar-refractivity contribution is 0.0785. The third-order valence-corrected chi connectivity index (χ3v) is 4.96. The fourth-order valence-electron chi connectivity index (χ4n) is 2.11. The van der Waals surface area contributed by atoms with Crippen LogP contribution in [0.2, 0.25) is 5.02 Å². The van der Waals surface area contributed by atoms with Gasteiger partial charge in [-0.2, -0.15) is 0 Å². The molecule has 128 valence electrons. The van der Waals surface area contributed by atoms with Crippen molar-refractivity contribution in [3.63, 3.8) is 0 Å². The highest BCUT2D eigenvalue weighted by molar-refractivity contribution is 7.89. The molecule has 0 saturated heterocycles. The normalized spacial score (nSPS) is 11.3. The second-order valence-corrected chi connectivity index (χ2v) is 7.12. The van der Waals surface area contributed by atoms with Gasteiger partial charge in [0.25, 0.3) is 15.9 Å². The molecule has 0 bridgehead atoms. The van der Waals surface area contributed by atoms with Crippen molar-refractivity contribution in [3.05, 3.63) is 64.7 Å². The number of halogens is 1. The first-order chi connectivity index (χ1) is 11.3. The van der Waals surface area contributed by atoms with Gasteiger partial charge in [0.2, 0.25) is 0 Å². The molecule has 6 nitrogen and oxygen atoms in total. The van der Waals surface area contributed by atoms with Gasteiger partial charge >= 0.3 is 0 Å². The van der Waals surface area contributed by atoms with Crippen molar-refractivity contribution >= 4 is 27.5 Å². The lowest BCUT2D eigenvalue weighted by atomic mass is 10.1. The van der Waals surface area contributed by atoms with Crippen LogP contribution in [0.4, 0.5) is 0 Å². The number of sulfonamides is 1. The molecular weight excluding hydrogens is 352 g/mol. The lowest BCUT2D eigenvalue weighted by Gasteiger charge is -2.18. The van der Waals surface area contributed by atoms with Gasteiger partial charge in [-0.1, -0.05) is 34.7 Å². The summed E-state index contributed by atoms with van der Waals surface area (Å²) in [6, 6.07) is 12.9. The van der Waals surface area contributed by atoms with E-state index in [9.17, 15) is 13.2 Å². The zero-order valence-corrected chi connectivity index (χ0v) is 14.8. The number of hydrogen-bond acceptors (Lipinski definition) is 4. The van der Waals surface area contributed by atoms with Crippen molar-refractivity contribution in [2.45, 2.75) is 11.4 Å². The first kappa shape index (κ1) is 18.4. The SMILES string of the molecule is CONS(=O)(=O)c1ccc(C(=O)N(C)Cc2ccccc2Cl)cc1. The Morgan fingerprint density at radius 3 is 2.38 bits per heavy atom. The van der Waals surface area contributed by atoms with Crippen LogP contribution in [0.1, 0.15) is 15.9 Å². The predicted molar refractivity (Wildman–Crippen MR) is 91.0 cm³/mol. The molecule has 0 heterocycles. The van der Waals surface area contributed by atoms with E-state index in [1.54, 1.807) is 13.1 Å². The van der Waals surface area contributed by atoms with Gasteiger partial charge in [-0.05, 0) is 35.9 Å². The van der Waals surface area contributed by atoms with E-state index in [2.05, 4.69) is 4.84 Å². The van der Waals surface area contributed by atoms with Crippen LogP contribution in [0.3, 0.4) is 0 Å². The minimum absolute atomic E-state index is 0.00894. The van der Waals surface area contributed by atoms with Gasteiger partial charge in [0.1, 0.15) is 0 Å². The maximum absolute atomic E-state index is 12.4. The van der Waals surface area contributed by atoms with E-state index < -0.39 is 10.0 Å². The number of carbonyl (C=O) groups is 1. The van der Waals surface area contributed by atoms with Crippen LogP contribution in [0.25, 0.3) is 0 Å². The molecule has 0 spiro atoms. The van der Waals surface area contributed by atoms with Crippen LogP contribution in [0.15, 0.2) is 53.4 Å². The van der Waals surface area contributed by atoms with Crippen LogP contribution < -0.4 is 4.89 Å². The van der Waals surface area contributed by atoms with E-state index in [-0.39, 0.29) is 10.8 Å². The average molecular weight is 369 g/mol. The fraction of sp³-hybridized carbons (Fsp3) is 0.188. The summed E-state index contributed by atoms with van der Waals surface area (Å²) in [5.74, 6) is -0.237. The standard InChI is InChI=1S/C16H17ClN2O4S/c1-19(11-13-5-3-4-6-15(13)17)16(20)12-7-9-14(10-8-12)24(21,22)18-23-2/h3-10,18H,11H2,1-2H3. The molecule has 2 aromatic rings. The van der Waals surface area contributed by atoms with Crippen LogP contribution in [0, 0.1) is 0 Å². The van der Waals surface area contributed by atoms with Gasteiger partial charge < -0.3 is 4.90 Å². The molecule has 0 radical (unpaired) electrons. The summed E-state index contributed by atoms with van der Waals surface area (Å²) in [4.78, 5) is 20.3. The maximum Gasteiger partial charge on any atom is 0.262 e. The van der Waals surface area contributed by atoms with Gasteiger partial charge in [-0.25, -0.2) is 8.42 Å². The molecule has 1 amide bonds. The van der Waals surface area contributed by atoms with Gasteiger partial charge in [-0.3, -0.25) is 9.63 Å². The van der Waals surface area contributed by atoms with Gasteiger partial charge in [0.15, 0.2) is 0 Å². The Morgan fingerprint density at radius 1 is 1.17 bits per heavy atom. The summed E-state index contributed by atoms with van der Waals surface area (Å²) < 4.78 is 23.6. The highest BCUT2D eigenvalue weighted by atomic mass is 35.5. The van der Waals surface area contributed by atoms with E-state index in [4.69, 9.17) is 11.6 Å². The van der Waals surface area contributed by atoms with E-state index in [1.807, 2.05) is 23.1 Å². The minimum atomic E-state index is -3.74. The zero-order valence-electron chi connectivity index (χ0n) is 13.2. The molecule has 24 heavy (non-hydrogen) atoms. The van der Waals surface area contributed by atoms with Crippen LogP contribution >= 0.6 is 11.6 Å². The first-order valence-corrected chi connectivity index (χ1v) is 8.85. The number of nitrogens with one attached hydrogen (secondary N) is 1. The van der Waals surface area contributed by atoms with Gasteiger partial charge in [0.05, 0.1) is 12.0 Å². The number of nitrogens with zero attached hydrogens (tertiary/aromatic N) is 1. The van der Waals surface area contributed by atoms with Crippen LogP contribution in [-0.2, 0) is 21.4 Å². The minimum Gasteiger partial charge on any atom is -0.337 e. The lowest BCUT2D eigenvalue weighted by Crippen LogP contribution is -2.26. The number of carbonyl (C=O) groups excluding carboxylic acids is 1. The Morgan fingerprint density at radius 2 is 1.79 bits per heavy atom. The van der Waals surface area contributed by atoms with Crippen molar-refractivity contribution in [2.24, 2.45) is 0 Å². The Bertz CT molecular complexity index is 822. The summed E-state index contributed by atoms with van der Waals surface area (Å²) >= 11 is 6.10. The number of amides is 1. The Hall–Kier alpha value is -1.93. The van der Waals surface area contributed by atoms with E-state index >= 15 is 0 Å². The fourth-order valence-corrected chi connectivity index (χ4v) is 3.11. The number of hydrogen-bond donors (Lipinski definition) is 1. The van der Waals surface area contributed by atoms with Crippen molar-refractivity contribution in [2.75, 3.05) is 14.2 Å². The molecule has 0 aliphatic rings. The molecule has 8 heteroatoms. The number of rotatable bonds is 6. The highest BCUT2D eigenvalue weighted by Crippen LogP contribution is 2.18. The van der Waals surface area contributed by atoms with Crippen molar-refractivity contribution in [1.82, 2.24) is 9.79 Å². The second kappa shape index (κ2) is 7.76. The molecular formula is C16H17ClN2O4S. The Kier molecular flexibility index (Phi) is 5.95. The van der Waals surface area contributed by atoms with Gasteiger partial charge in [-0.15, -0.1) is 0 Å². The maximum atomic E-state index is 12.4. The zero-order chi connectivity index (χ0) is 17.7. The molecule has 2 aromatic carbocycles. The topological polar surface area (TPSA) is 75.7 Å². The first-order valence-electron chi connectivity index (χ1n) is 6.99. The molecule has 0 unspecified atom stereocenters. The van der Waals surface area contributed by atoms with Crippen LogP contribution in [0.5, 0.6) is 0 Å². The molecule has 1 N–H and O–H groups in total. The smallest absolute Gasteiger partial charge is 0.262 e. The third kappa shape index (κ3) is 4.33. The van der Waals surface area contributed by atoms with Crippen molar-refractivity contribution < 1.29 is 18.0 Å². The Balaban J connectivity index is 2.14. The Labute approximate surface area is 146 Å². The van der Waals surface area contributed by atoms with E-state index in [0.717, 1.165) is 5.56 Å². The monoisotopic (exact) mass is 368 g/mol. The van der Waals surface area contributed by atoms with Crippen molar-refractivity contribution in [3.8, 4) is 0 Å². The van der Waals surface area contributed by atoms with Crippen LogP contribution in [-0.4, -0.2) is 33.4 Å². The van der Waals surface area contributed by atoms with E-state index in [0.29, 0.717) is 17.1 Å². The average Bonchev–Trinajstić information content (AvgIpc) is 2.56. The third-order valence-electron chi connectivity index (χ3n) is 3.32. The molecule has 0 saturated carbocycles. The van der Waals surface area contributed by atoms with Gasteiger partial charge in [0, 0.05) is 24.2 Å². The molecule has 0 atom stereocenters. The van der Waals surface area contributed by atoms with E-state index in [1.165, 1.54) is 36.3 Å². The predicted octanol–water partition coefficient (Wildman–Crippen LogP) is 2.45. The largest absolute Gasteiger partial charge is 0.337 e. The summed E-state index contributed by atoms with van der Waals surface area (Å²) in [7, 11) is -0.879. The molecule has 0 aliphatic heterocycles.